The maximum atomic E-state index is 5.76. The Balaban J connectivity index is 1.55. The van der Waals surface area contributed by atoms with Gasteiger partial charge in [0.15, 0.2) is 0 Å². The average molecular weight is 283 g/mol. The summed E-state index contributed by atoms with van der Waals surface area (Å²) in [6.07, 6.45) is 6.18. The lowest BCUT2D eigenvalue weighted by atomic mass is 10.1. The van der Waals surface area contributed by atoms with Crippen molar-refractivity contribution in [3.05, 3.63) is 53.4 Å². The molecule has 1 atom stereocenters. The molecule has 0 fully saturated rings. The van der Waals surface area contributed by atoms with Crippen LogP contribution in [0.1, 0.15) is 18.1 Å². The first kappa shape index (κ1) is 13.9. The molecule has 110 valence electrons. The SMILES string of the molecule is Cc1cnn(C[C@H](C)NCC2=Cc3ccccc3OC2)c1. The van der Waals surface area contributed by atoms with E-state index in [0.29, 0.717) is 12.6 Å². The molecule has 0 saturated heterocycles. The number of nitrogens with zero attached hydrogens (tertiary/aromatic N) is 2. The predicted octanol–water partition coefficient (Wildman–Crippen LogP) is 2.65. The quantitative estimate of drug-likeness (QED) is 0.917. The van der Waals surface area contributed by atoms with Crippen LogP contribution in [0, 0.1) is 6.92 Å². The number of benzene rings is 1. The summed E-state index contributed by atoms with van der Waals surface area (Å²) < 4.78 is 7.74. The van der Waals surface area contributed by atoms with Crippen molar-refractivity contribution in [3.63, 3.8) is 0 Å². The summed E-state index contributed by atoms with van der Waals surface area (Å²) in [5, 5.41) is 7.85. The Morgan fingerprint density at radius 2 is 2.24 bits per heavy atom. The number of nitrogens with one attached hydrogen (secondary N) is 1. The van der Waals surface area contributed by atoms with Gasteiger partial charge in [0.05, 0.1) is 12.7 Å². The fourth-order valence-electron chi connectivity index (χ4n) is 2.48. The maximum absolute atomic E-state index is 5.76. The number of rotatable bonds is 5. The molecule has 3 rings (SSSR count). The summed E-state index contributed by atoms with van der Waals surface area (Å²) in [6.45, 7) is 6.62. The lowest BCUT2D eigenvalue weighted by molar-refractivity contribution is 0.339. The standard InChI is InChI=1S/C17H21N3O/c1-13-8-19-20(10-13)11-14(2)18-9-15-7-16-5-3-4-6-17(16)21-12-15/h3-8,10,14,18H,9,11-12H2,1-2H3/t14-/m0/s1. The predicted molar refractivity (Wildman–Crippen MR) is 84.3 cm³/mol. The molecule has 0 spiro atoms. The molecule has 4 heteroatoms. The minimum Gasteiger partial charge on any atom is -0.489 e. The topological polar surface area (TPSA) is 39.1 Å². The second kappa shape index (κ2) is 6.14. The average Bonchev–Trinajstić information content (AvgIpc) is 2.90. The van der Waals surface area contributed by atoms with E-state index in [-0.39, 0.29) is 0 Å². The fourth-order valence-corrected chi connectivity index (χ4v) is 2.48. The molecule has 0 saturated carbocycles. The molecule has 2 aromatic rings. The molecule has 2 heterocycles. The summed E-state index contributed by atoms with van der Waals surface area (Å²) in [5.41, 5.74) is 3.63. The first-order chi connectivity index (χ1) is 10.2. The van der Waals surface area contributed by atoms with Gasteiger partial charge in [0.1, 0.15) is 12.4 Å². The zero-order valence-corrected chi connectivity index (χ0v) is 12.5. The molecule has 0 aliphatic carbocycles. The molecule has 21 heavy (non-hydrogen) atoms. The van der Waals surface area contributed by atoms with E-state index in [0.717, 1.165) is 24.4 Å². The van der Waals surface area contributed by atoms with Crippen LogP contribution in [-0.4, -0.2) is 29.0 Å². The van der Waals surface area contributed by atoms with Crippen LogP contribution >= 0.6 is 0 Å². The Morgan fingerprint density at radius 1 is 1.38 bits per heavy atom. The third-order valence-electron chi connectivity index (χ3n) is 3.59. The highest BCUT2D eigenvalue weighted by Gasteiger charge is 2.11. The largest absolute Gasteiger partial charge is 0.489 e. The van der Waals surface area contributed by atoms with Crippen molar-refractivity contribution in [2.45, 2.75) is 26.4 Å². The summed E-state index contributed by atoms with van der Waals surface area (Å²) in [4.78, 5) is 0. The number of ether oxygens (including phenoxy) is 1. The third-order valence-corrected chi connectivity index (χ3v) is 3.59. The van der Waals surface area contributed by atoms with Crippen LogP contribution in [0.3, 0.4) is 0 Å². The van der Waals surface area contributed by atoms with Crippen molar-refractivity contribution in [2.75, 3.05) is 13.2 Å². The molecule has 1 aromatic carbocycles. The highest BCUT2D eigenvalue weighted by molar-refractivity contribution is 5.62. The van der Waals surface area contributed by atoms with Crippen LogP contribution in [0.15, 0.2) is 42.2 Å². The van der Waals surface area contributed by atoms with Gasteiger partial charge >= 0.3 is 0 Å². The van der Waals surface area contributed by atoms with Crippen LogP contribution < -0.4 is 10.1 Å². The number of fused-ring (bicyclic) bond motifs is 1. The van der Waals surface area contributed by atoms with Gasteiger partial charge in [-0.05, 0) is 37.1 Å². The van der Waals surface area contributed by atoms with Gasteiger partial charge in [-0.1, -0.05) is 18.2 Å². The molecule has 1 aliphatic heterocycles. The number of hydrogen-bond acceptors (Lipinski definition) is 3. The molecule has 0 bridgehead atoms. The normalized spacial score (nSPS) is 15.0. The molecule has 1 aromatic heterocycles. The molecule has 0 unspecified atom stereocenters. The van der Waals surface area contributed by atoms with Crippen molar-refractivity contribution in [1.29, 1.82) is 0 Å². The smallest absolute Gasteiger partial charge is 0.127 e. The van der Waals surface area contributed by atoms with E-state index in [9.17, 15) is 0 Å². The zero-order valence-electron chi connectivity index (χ0n) is 12.5. The van der Waals surface area contributed by atoms with Gasteiger partial charge in [-0.15, -0.1) is 0 Å². The summed E-state index contributed by atoms with van der Waals surface area (Å²) >= 11 is 0. The second-order valence-corrected chi connectivity index (χ2v) is 5.65. The summed E-state index contributed by atoms with van der Waals surface area (Å²) in [6, 6.07) is 8.51. The van der Waals surface area contributed by atoms with E-state index >= 15 is 0 Å². The van der Waals surface area contributed by atoms with E-state index < -0.39 is 0 Å². The molecule has 1 N–H and O–H groups in total. The Morgan fingerprint density at radius 3 is 3.05 bits per heavy atom. The monoisotopic (exact) mass is 283 g/mol. The molecule has 0 radical (unpaired) electrons. The number of para-hydroxylation sites is 1. The second-order valence-electron chi connectivity index (χ2n) is 5.65. The Bertz CT molecular complexity index is 645. The highest BCUT2D eigenvalue weighted by Crippen LogP contribution is 2.25. The molecular formula is C17H21N3O. The van der Waals surface area contributed by atoms with Crippen LogP contribution in [0.25, 0.3) is 6.08 Å². The summed E-state index contributed by atoms with van der Waals surface area (Å²) in [5.74, 6) is 0.973. The van der Waals surface area contributed by atoms with Crippen LogP contribution in [0.4, 0.5) is 0 Å². The third kappa shape index (κ3) is 3.52. The number of aromatic nitrogens is 2. The first-order valence-corrected chi connectivity index (χ1v) is 7.34. The van der Waals surface area contributed by atoms with Crippen molar-refractivity contribution < 1.29 is 4.74 Å². The summed E-state index contributed by atoms with van der Waals surface area (Å²) in [7, 11) is 0. The van der Waals surface area contributed by atoms with Gasteiger partial charge in [-0.2, -0.15) is 5.10 Å². The van der Waals surface area contributed by atoms with E-state index in [1.165, 1.54) is 11.1 Å². The number of hydrogen-bond donors (Lipinski definition) is 1. The van der Waals surface area contributed by atoms with Crippen molar-refractivity contribution >= 4 is 6.08 Å². The van der Waals surface area contributed by atoms with Gasteiger partial charge in [-0.3, -0.25) is 4.68 Å². The molecule has 0 amide bonds. The Labute approximate surface area is 125 Å². The minimum atomic E-state index is 0.363. The maximum Gasteiger partial charge on any atom is 0.127 e. The fraction of sp³-hybridized carbons (Fsp3) is 0.353. The highest BCUT2D eigenvalue weighted by atomic mass is 16.5. The van der Waals surface area contributed by atoms with E-state index in [4.69, 9.17) is 4.74 Å². The Hall–Kier alpha value is -2.07. The first-order valence-electron chi connectivity index (χ1n) is 7.34. The zero-order chi connectivity index (χ0) is 14.7. The van der Waals surface area contributed by atoms with Crippen molar-refractivity contribution in [2.24, 2.45) is 0 Å². The van der Waals surface area contributed by atoms with Gasteiger partial charge in [0.25, 0.3) is 0 Å². The lowest BCUT2D eigenvalue weighted by Crippen LogP contribution is -2.33. The van der Waals surface area contributed by atoms with Gasteiger partial charge in [0, 0.05) is 24.3 Å². The van der Waals surface area contributed by atoms with Gasteiger partial charge in [0.2, 0.25) is 0 Å². The Kier molecular flexibility index (Phi) is 4.06. The van der Waals surface area contributed by atoms with Gasteiger partial charge < -0.3 is 10.1 Å². The van der Waals surface area contributed by atoms with Crippen LogP contribution in [0.5, 0.6) is 5.75 Å². The van der Waals surface area contributed by atoms with Crippen molar-refractivity contribution in [1.82, 2.24) is 15.1 Å². The van der Waals surface area contributed by atoms with Gasteiger partial charge in [-0.25, -0.2) is 0 Å². The van der Waals surface area contributed by atoms with E-state index in [1.54, 1.807) is 0 Å². The van der Waals surface area contributed by atoms with E-state index in [2.05, 4.69) is 42.6 Å². The van der Waals surface area contributed by atoms with Crippen LogP contribution in [-0.2, 0) is 6.54 Å². The van der Waals surface area contributed by atoms with E-state index in [1.807, 2.05) is 29.1 Å². The molecular weight excluding hydrogens is 262 g/mol. The number of aryl methyl sites for hydroxylation is 1. The van der Waals surface area contributed by atoms with Crippen molar-refractivity contribution in [3.8, 4) is 5.75 Å². The molecule has 1 aliphatic rings. The molecule has 4 nitrogen and oxygen atoms in total. The van der Waals surface area contributed by atoms with Crippen LogP contribution in [0.2, 0.25) is 0 Å². The lowest BCUT2D eigenvalue weighted by Gasteiger charge is -2.20. The minimum absolute atomic E-state index is 0.363.